The summed E-state index contributed by atoms with van der Waals surface area (Å²) in [7, 11) is 0. The predicted molar refractivity (Wildman–Crippen MR) is 68.5 cm³/mol. The van der Waals surface area contributed by atoms with Gasteiger partial charge in [-0.2, -0.15) is 26.3 Å². The lowest BCUT2D eigenvalue weighted by atomic mass is 10.0. The number of alkyl halides is 6. The van der Waals surface area contributed by atoms with E-state index in [1.165, 1.54) is 6.92 Å². The average molecular weight is 344 g/mol. The summed E-state index contributed by atoms with van der Waals surface area (Å²) in [6.07, 6.45) is -10.8. The van der Waals surface area contributed by atoms with Crippen LogP contribution in [0.25, 0.3) is 0 Å². The molecule has 0 bridgehead atoms. The minimum atomic E-state index is -4.99. The Morgan fingerprint density at radius 3 is 2.30 bits per heavy atom. The normalized spacial score (nSPS) is 15.0. The molecule has 1 unspecified atom stereocenters. The molecule has 0 aliphatic carbocycles. The highest BCUT2D eigenvalue weighted by molar-refractivity contribution is 5.74. The largest absolute Gasteiger partial charge is 0.416 e. The first-order valence-corrected chi connectivity index (χ1v) is 6.37. The standard InChI is InChI=1S/C13H14F6N2O2/c1-7(22)6-20-11(23)21-10(13(17,18)19)8-3-2-4-9(5-8)12(14,15)16/h2-5,7,10,22H,6H2,1H3,(H2,20,21,23)/t7-,10?/m1/s1. The van der Waals surface area contributed by atoms with Crippen molar-refractivity contribution in [2.75, 3.05) is 6.54 Å². The second-order valence-corrected chi connectivity index (χ2v) is 4.80. The highest BCUT2D eigenvalue weighted by atomic mass is 19.4. The first kappa shape index (κ1) is 19.1. The van der Waals surface area contributed by atoms with Gasteiger partial charge in [-0.1, -0.05) is 12.1 Å². The number of urea groups is 1. The van der Waals surface area contributed by atoms with Crippen LogP contribution in [0.15, 0.2) is 24.3 Å². The Balaban J connectivity index is 3.02. The van der Waals surface area contributed by atoms with Gasteiger partial charge in [0, 0.05) is 6.54 Å². The number of carbonyl (C=O) groups is 1. The molecule has 1 rings (SSSR count). The predicted octanol–water partition coefficient (Wildman–Crippen LogP) is 2.99. The second-order valence-electron chi connectivity index (χ2n) is 4.80. The van der Waals surface area contributed by atoms with Gasteiger partial charge in [0.05, 0.1) is 11.7 Å². The third-order valence-electron chi connectivity index (χ3n) is 2.71. The molecule has 3 N–H and O–H groups in total. The van der Waals surface area contributed by atoms with E-state index in [9.17, 15) is 31.1 Å². The Bertz CT molecular complexity index is 542. The highest BCUT2D eigenvalue weighted by Gasteiger charge is 2.43. The molecule has 4 nitrogen and oxygen atoms in total. The van der Waals surface area contributed by atoms with E-state index in [1.807, 2.05) is 5.32 Å². The third-order valence-corrected chi connectivity index (χ3v) is 2.71. The molecule has 1 aromatic rings. The number of aliphatic hydroxyl groups excluding tert-OH is 1. The summed E-state index contributed by atoms with van der Waals surface area (Å²) in [5.41, 5.74) is -2.00. The van der Waals surface area contributed by atoms with Crippen LogP contribution in [0.4, 0.5) is 31.1 Å². The fourth-order valence-electron chi connectivity index (χ4n) is 1.67. The molecular formula is C13H14F6N2O2. The van der Waals surface area contributed by atoms with Crippen LogP contribution in [0.1, 0.15) is 24.1 Å². The maximum absolute atomic E-state index is 13.0. The van der Waals surface area contributed by atoms with Crippen LogP contribution in [0.2, 0.25) is 0 Å². The van der Waals surface area contributed by atoms with Gasteiger partial charge in [-0.25, -0.2) is 4.79 Å². The van der Waals surface area contributed by atoms with Gasteiger partial charge in [0.1, 0.15) is 0 Å². The summed E-state index contributed by atoms with van der Waals surface area (Å²) >= 11 is 0. The minimum absolute atomic E-state index is 0.307. The molecule has 0 fully saturated rings. The van der Waals surface area contributed by atoms with E-state index >= 15 is 0 Å². The van der Waals surface area contributed by atoms with E-state index in [-0.39, 0.29) is 6.54 Å². The average Bonchev–Trinajstić information content (AvgIpc) is 2.40. The molecule has 23 heavy (non-hydrogen) atoms. The number of benzene rings is 1. The van der Waals surface area contributed by atoms with Crippen molar-refractivity contribution in [3.8, 4) is 0 Å². The Kier molecular flexibility index (Phi) is 5.86. The Morgan fingerprint density at radius 1 is 1.22 bits per heavy atom. The first-order valence-electron chi connectivity index (χ1n) is 6.37. The Hall–Kier alpha value is -1.97. The highest BCUT2D eigenvalue weighted by Crippen LogP contribution is 2.36. The molecular weight excluding hydrogens is 330 g/mol. The monoisotopic (exact) mass is 344 g/mol. The molecule has 0 spiro atoms. The first-order chi connectivity index (χ1) is 10.4. The summed E-state index contributed by atoms with van der Waals surface area (Å²) in [5.74, 6) is 0. The lowest BCUT2D eigenvalue weighted by molar-refractivity contribution is -0.155. The molecule has 0 aliphatic heterocycles. The number of halogens is 6. The van der Waals surface area contributed by atoms with Crippen LogP contribution in [0, 0.1) is 0 Å². The molecule has 0 saturated carbocycles. The van der Waals surface area contributed by atoms with Gasteiger partial charge in [-0.15, -0.1) is 0 Å². The van der Waals surface area contributed by atoms with Crippen LogP contribution in [-0.4, -0.2) is 30.0 Å². The molecule has 0 heterocycles. The maximum Gasteiger partial charge on any atom is 0.416 e. The Morgan fingerprint density at radius 2 is 1.83 bits per heavy atom. The molecule has 0 radical (unpaired) electrons. The number of nitrogens with one attached hydrogen (secondary N) is 2. The van der Waals surface area contributed by atoms with Crippen LogP contribution in [-0.2, 0) is 6.18 Å². The summed E-state index contributed by atoms with van der Waals surface area (Å²) in [6, 6.07) is -1.25. The number of hydrogen-bond acceptors (Lipinski definition) is 2. The second kappa shape index (κ2) is 7.07. The van der Waals surface area contributed by atoms with E-state index < -0.39 is 41.7 Å². The van der Waals surface area contributed by atoms with E-state index in [4.69, 9.17) is 5.11 Å². The van der Waals surface area contributed by atoms with Crippen LogP contribution in [0.5, 0.6) is 0 Å². The lowest BCUT2D eigenvalue weighted by Gasteiger charge is -2.23. The minimum Gasteiger partial charge on any atom is -0.392 e. The number of rotatable bonds is 4. The van der Waals surface area contributed by atoms with Gasteiger partial charge in [0.15, 0.2) is 6.04 Å². The fraction of sp³-hybridized carbons (Fsp3) is 0.462. The molecule has 10 heteroatoms. The smallest absolute Gasteiger partial charge is 0.392 e. The van der Waals surface area contributed by atoms with Crippen molar-refractivity contribution in [2.24, 2.45) is 0 Å². The van der Waals surface area contributed by atoms with E-state index in [2.05, 4.69) is 0 Å². The van der Waals surface area contributed by atoms with Crippen molar-refractivity contribution in [3.63, 3.8) is 0 Å². The van der Waals surface area contributed by atoms with Crippen LogP contribution in [0.3, 0.4) is 0 Å². The van der Waals surface area contributed by atoms with Crippen molar-refractivity contribution in [2.45, 2.75) is 31.4 Å². The third kappa shape index (κ3) is 5.97. The quantitative estimate of drug-likeness (QED) is 0.736. The van der Waals surface area contributed by atoms with Gasteiger partial charge in [0.2, 0.25) is 0 Å². The number of amides is 2. The van der Waals surface area contributed by atoms with Crippen LogP contribution < -0.4 is 10.6 Å². The van der Waals surface area contributed by atoms with E-state index in [1.54, 1.807) is 5.32 Å². The van der Waals surface area contributed by atoms with Crippen molar-refractivity contribution in [3.05, 3.63) is 35.4 Å². The number of aliphatic hydroxyl groups is 1. The summed E-state index contributed by atoms with van der Waals surface area (Å²) in [5, 5.41) is 12.5. The molecule has 0 aromatic heterocycles. The molecule has 1 aromatic carbocycles. The summed E-state index contributed by atoms with van der Waals surface area (Å²) in [4.78, 5) is 11.4. The summed E-state index contributed by atoms with van der Waals surface area (Å²) < 4.78 is 76.8. The fourth-order valence-corrected chi connectivity index (χ4v) is 1.67. The maximum atomic E-state index is 13.0. The molecule has 2 atom stereocenters. The van der Waals surface area contributed by atoms with Crippen LogP contribution >= 0.6 is 0 Å². The lowest BCUT2D eigenvalue weighted by Crippen LogP contribution is -2.45. The zero-order valence-corrected chi connectivity index (χ0v) is 11.8. The summed E-state index contributed by atoms with van der Waals surface area (Å²) in [6.45, 7) is 0.993. The van der Waals surface area contributed by atoms with Gasteiger partial charge in [0.25, 0.3) is 0 Å². The van der Waals surface area contributed by atoms with Gasteiger partial charge in [-0.05, 0) is 24.6 Å². The molecule has 130 valence electrons. The molecule has 0 saturated heterocycles. The van der Waals surface area contributed by atoms with Gasteiger partial charge in [-0.3, -0.25) is 0 Å². The zero-order chi connectivity index (χ0) is 17.8. The molecule has 2 amide bonds. The number of carbonyl (C=O) groups excluding carboxylic acids is 1. The van der Waals surface area contributed by atoms with Crippen molar-refractivity contribution in [1.82, 2.24) is 10.6 Å². The SMILES string of the molecule is C[C@@H](O)CNC(=O)NC(c1cccc(C(F)(F)F)c1)C(F)(F)F. The van der Waals surface area contributed by atoms with Crippen molar-refractivity contribution < 1.29 is 36.2 Å². The van der Waals surface area contributed by atoms with E-state index in [0.717, 1.165) is 12.1 Å². The van der Waals surface area contributed by atoms with E-state index in [0.29, 0.717) is 12.1 Å². The Labute approximate surface area is 127 Å². The molecule has 0 aliphatic rings. The number of hydrogen-bond donors (Lipinski definition) is 3. The van der Waals surface area contributed by atoms with Crippen molar-refractivity contribution >= 4 is 6.03 Å². The van der Waals surface area contributed by atoms with Gasteiger partial charge < -0.3 is 15.7 Å². The zero-order valence-electron chi connectivity index (χ0n) is 11.8. The van der Waals surface area contributed by atoms with Gasteiger partial charge >= 0.3 is 18.4 Å². The van der Waals surface area contributed by atoms with Crippen molar-refractivity contribution in [1.29, 1.82) is 0 Å². The topological polar surface area (TPSA) is 61.4 Å².